The number of aliphatic hydroxyl groups is 1. The lowest BCUT2D eigenvalue weighted by Crippen LogP contribution is -2.49. The zero-order valence-corrected chi connectivity index (χ0v) is 21.3. The second-order valence-corrected chi connectivity index (χ2v) is 9.94. The maximum Gasteiger partial charge on any atom is 0.350 e. The van der Waals surface area contributed by atoms with E-state index in [1.165, 1.54) is 11.3 Å². The molecule has 186 valence electrons. The van der Waals surface area contributed by atoms with Crippen molar-refractivity contribution < 1.29 is 14.6 Å². The first kappa shape index (κ1) is 24.8. The topological polar surface area (TPSA) is 98.2 Å². The van der Waals surface area contributed by atoms with Gasteiger partial charge in [0.1, 0.15) is 10.7 Å². The highest BCUT2D eigenvalue weighted by Crippen LogP contribution is 2.34. The highest BCUT2D eigenvalue weighted by Gasteiger charge is 2.30. The molecule has 2 aromatic rings. The average Bonchev–Trinajstić information content (AvgIpc) is 3.22. The van der Waals surface area contributed by atoms with Gasteiger partial charge in [-0.2, -0.15) is 4.98 Å². The van der Waals surface area contributed by atoms with Crippen LogP contribution in [0.3, 0.4) is 0 Å². The lowest BCUT2D eigenvalue weighted by molar-refractivity contribution is 0.0531. The van der Waals surface area contributed by atoms with Crippen LogP contribution in [0.4, 0.5) is 16.9 Å². The third-order valence-corrected chi connectivity index (χ3v) is 7.45. The third kappa shape index (κ3) is 5.48. The van der Waals surface area contributed by atoms with Gasteiger partial charge in [0.15, 0.2) is 0 Å². The van der Waals surface area contributed by atoms with E-state index in [1.54, 1.807) is 13.1 Å². The van der Waals surface area contributed by atoms with E-state index in [-0.39, 0.29) is 12.1 Å². The molecule has 0 unspecified atom stereocenters. The van der Waals surface area contributed by atoms with Gasteiger partial charge in [0.05, 0.1) is 18.4 Å². The lowest BCUT2D eigenvalue weighted by Gasteiger charge is -2.39. The van der Waals surface area contributed by atoms with E-state index in [4.69, 9.17) is 14.7 Å². The van der Waals surface area contributed by atoms with Crippen LogP contribution in [0, 0.1) is 6.92 Å². The summed E-state index contributed by atoms with van der Waals surface area (Å²) < 4.78 is 5.22. The Labute approximate surface area is 205 Å². The molecule has 34 heavy (non-hydrogen) atoms. The van der Waals surface area contributed by atoms with E-state index in [0.717, 1.165) is 32.0 Å². The number of hydrazine groups is 1. The summed E-state index contributed by atoms with van der Waals surface area (Å²) in [5, 5.41) is 14.7. The maximum absolute atomic E-state index is 12.4. The summed E-state index contributed by atoms with van der Waals surface area (Å²) in [6.07, 6.45) is 2.78. The number of piperazine rings is 1. The molecule has 2 aliphatic heterocycles. The predicted octanol–water partition coefficient (Wildman–Crippen LogP) is 2.46. The van der Waals surface area contributed by atoms with E-state index in [1.807, 2.05) is 18.0 Å². The van der Waals surface area contributed by atoms with Gasteiger partial charge in [0, 0.05) is 51.5 Å². The van der Waals surface area contributed by atoms with Crippen LogP contribution in [-0.2, 0) is 4.74 Å². The molecule has 0 saturated carbocycles. The number of esters is 1. The zero-order valence-electron chi connectivity index (χ0n) is 20.5. The van der Waals surface area contributed by atoms with Gasteiger partial charge in [0.25, 0.3) is 0 Å². The Morgan fingerprint density at radius 3 is 2.56 bits per heavy atom. The highest BCUT2D eigenvalue weighted by molar-refractivity contribution is 7.17. The number of aliphatic hydroxyl groups excluding tert-OH is 1. The normalized spacial score (nSPS) is 18.5. The second-order valence-electron chi connectivity index (χ2n) is 8.96. The Balaban J connectivity index is 1.63. The van der Waals surface area contributed by atoms with Crippen molar-refractivity contribution in [2.24, 2.45) is 0 Å². The fraction of sp³-hybridized carbons (Fsp3) is 0.652. The van der Waals surface area contributed by atoms with Gasteiger partial charge >= 0.3 is 5.97 Å². The van der Waals surface area contributed by atoms with Crippen LogP contribution in [0.1, 0.15) is 49.0 Å². The highest BCUT2D eigenvalue weighted by atomic mass is 32.1. The van der Waals surface area contributed by atoms with Crippen LogP contribution in [-0.4, -0.2) is 94.0 Å². The van der Waals surface area contributed by atoms with Crippen molar-refractivity contribution in [3.63, 3.8) is 0 Å². The first-order valence-corrected chi connectivity index (χ1v) is 12.9. The van der Waals surface area contributed by atoms with Crippen molar-refractivity contribution >= 4 is 34.2 Å². The van der Waals surface area contributed by atoms with Crippen molar-refractivity contribution in [2.45, 2.75) is 52.7 Å². The predicted molar refractivity (Wildman–Crippen MR) is 133 cm³/mol. The Morgan fingerprint density at radius 1 is 1.21 bits per heavy atom. The summed E-state index contributed by atoms with van der Waals surface area (Å²) in [6, 6.07) is 2.49. The smallest absolute Gasteiger partial charge is 0.350 e. The van der Waals surface area contributed by atoms with E-state index >= 15 is 0 Å². The molecule has 0 aromatic carbocycles. The number of hydrogen-bond acceptors (Lipinski definition) is 11. The number of carbonyl (C=O) groups is 1. The van der Waals surface area contributed by atoms with Gasteiger partial charge in [-0.3, -0.25) is 4.90 Å². The molecule has 0 radical (unpaired) electrons. The molecular formula is C23H35N7O3S. The number of aromatic nitrogens is 3. The van der Waals surface area contributed by atoms with E-state index in [2.05, 4.69) is 33.6 Å². The first-order chi connectivity index (χ1) is 16.4. The summed E-state index contributed by atoms with van der Waals surface area (Å²) >= 11 is 1.29. The summed E-state index contributed by atoms with van der Waals surface area (Å²) in [5.41, 5.74) is 0.626. The number of hydrogen-bond donors (Lipinski definition) is 1. The van der Waals surface area contributed by atoms with Crippen LogP contribution >= 0.6 is 11.3 Å². The van der Waals surface area contributed by atoms with Crippen LogP contribution in [0.15, 0.2) is 12.3 Å². The van der Waals surface area contributed by atoms with Crippen molar-refractivity contribution in [3.05, 3.63) is 22.8 Å². The van der Waals surface area contributed by atoms with Gasteiger partial charge in [-0.05, 0) is 46.6 Å². The number of thiazole rings is 1. The summed E-state index contributed by atoms with van der Waals surface area (Å²) in [6.45, 7) is 13.5. The molecule has 2 aromatic heterocycles. The molecular weight excluding hydrogens is 454 g/mol. The maximum atomic E-state index is 12.4. The van der Waals surface area contributed by atoms with E-state index in [0.29, 0.717) is 60.2 Å². The molecule has 0 spiro atoms. The Morgan fingerprint density at radius 2 is 1.91 bits per heavy atom. The van der Waals surface area contributed by atoms with E-state index in [9.17, 15) is 9.90 Å². The molecule has 2 saturated heterocycles. The second kappa shape index (κ2) is 10.9. The van der Waals surface area contributed by atoms with Gasteiger partial charge in [-0.15, -0.1) is 0 Å². The Hall–Kier alpha value is -2.34. The van der Waals surface area contributed by atoms with Crippen LogP contribution in [0.5, 0.6) is 0 Å². The van der Waals surface area contributed by atoms with Gasteiger partial charge < -0.3 is 14.7 Å². The molecule has 0 atom stereocenters. The molecule has 0 amide bonds. The molecule has 1 N–H and O–H groups in total. The number of nitrogens with zero attached hydrogens (tertiary/aromatic N) is 7. The van der Waals surface area contributed by atoms with Crippen molar-refractivity contribution in [1.82, 2.24) is 24.9 Å². The van der Waals surface area contributed by atoms with Crippen molar-refractivity contribution in [3.8, 4) is 0 Å². The number of ether oxygens (including phenoxy) is 1. The number of rotatable bonds is 7. The fourth-order valence-corrected chi connectivity index (χ4v) is 5.31. The molecule has 2 fully saturated rings. The van der Waals surface area contributed by atoms with Crippen molar-refractivity contribution in [1.29, 1.82) is 0 Å². The minimum absolute atomic E-state index is 0.310. The summed E-state index contributed by atoms with van der Waals surface area (Å²) in [4.78, 5) is 31.9. The van der Waals surface area contributed by atoms with Crippen molar-refractivity contribution in [2.75, 3.05) is 55.8 Å². The number of carbonyl (C=O) groups excluding carboxylic acids is 1. The molecule has 4 heterocycles. The first-order valence-electron chi connectivity index (χ1n) is 12.1. The lowest BCUT2D eigenvalue weighted by atomic mass is 10.1. The number of piperidine rings is 1. The van der Waals surface area contributed by atoms with Crippen LogP contribution in [0.2, 0.25) is 0 Å². The Bertz CT molecular complexity index is 969. The molecule has 0 aliphatic carbocycles. The molecule has 4 rings (SSSR count). The van der Waals surface area contributed by atoms with Gasteiger partial charge in [0.2, 0.25) is 11.1 Å². The van der Waals surface area contributed by atoms with Crippen LogP contribution in [0.25, 0.3) is 0 Å². The summed E-state index contributed by atoms with van der Waals surface area (Å²) in [5.74, 6) is 1.04. The summed E-state index contributed by atoms with van der Waals surface area (Å²) in [7, 11) is 0. The molecule has 11 heteroatoms. The molecule has 2 aliphatic rings. The Kier molecular flexibility index (Phi) is 7.97. The fourth-order valence-electron chi connectivity index (χ4n) is 4.33. The third-order valence-electron chi connectivity index (χ3n) is 6.34. The number of aryl methyl sites for hydroxylation is 1. The largest absolute Gasteiger partial charge is 0.462 e. The van der Waals surface area contributed by atoms with E-state index < -0.39 is 0 Å². The van der Waals surface area contributed by atoms with Crippen LogP contribution < -0.4 is 9.91 Å². The quantitative estimate of drug-likeness (QED) is 0.584. The minimum atomic E-state index is -0.365. The molecule has 0 bridgehead atoms. The number of anilines is 3. The minimum Gasteiger partial charge on any atom is -0.462 e. The zero-order chi connectivity index (χ0) is 24.2. The molecule has 10 nitrogen and oxygen atoms in total. The SMILES string of the molecule is CCOC(=O)c1sc(N(c2nccc(N3CCN(C(C)C)CC3)n2)N2CCC(O)CC2)nc1C. The average molecular weight is 490 g/mol. The monoisotopic (exact) mass is 489 g/mol. The van der Waals surface area contributed by atoms with Gasteiger partial charge in [-0.25, -0.2) is 24.8 Å². The standard InChI is InChI=1S/C23H35N7O3S/c1-5-33-21(32)20-17(4)25-23(34-20)30(29-10-7-18(31)8-11-29)22-24-9-6-19(26-22)28-14-12-27(13-15-28)16(2)3/h6,9,16,18,31H,5,7-8,10-15H2,1-4H3. The van der Waals surface area contributed by atoms with Gasteiger partial charge in [-0.1, -0.05) is 11.3 Å².